The highest BCUT2D eigenvalue weighted by atomic mass is 19.1. The Morgan fingerprint density at radius 1 is 1.42 bits per heavy atom. The maximum Gasteiger partial charge on any atom is 0.329 e. The molecule has 1 fully saturated rings. The average molecular weight is 267 g/mol. The van der Waals surface area contributed by atoms with Crippen molar-refractivity contribution in [1.29, 1.82) is 0 Å². The van der Waals surface area contributed by atoms with Gasteiger partial charge in [0, 0.05) is 6.54 Å². The van der Waals surface area contributed by atoms with Gasteiger partial charge in [0.25, 0.3) is 5.91 Å². The first-order valence-electron chi connectivity index (χ1n) is 5.90. The van der Waals surface area contributed by atoms with Crippen molar-refractivity contribution < 1.29 is 24.2 Å². The number of carboxylic acid groups (broad SMARTS) is 1. The van der Waals surface area contributed by atoms with Gasteiger partial charge >= 0.3 is 5.97 Å². The normalized spacial score (nSPS) is 22.5. The summed E-state index contributed by atoms with van der Waals surface area (Å²) in [7, 11) is 0. The fraction of sp³-hybridized carbons (Fsp3) is 0.385. The Morgan fingerprint density at radius 3 is 2.74 bits per heavy atom. The number of carboxylic acids is 1. The van der Waals surface area contributed by atoms with Crippen molar-refractivity contribution in [2.45, 2.75) is 25.3 Å². The van der Waals surface area contributed by atoms with Gasteiger partial charge in [0.2, 0.25) is 0 Å². The van der Waals surface area contributed by atoms with Gasteiger partial charge in [-0.15, -0.1) is 0 Å². The van der Waals surface area contributed by atoms with E-state index in [9.17, 15) is 24.2 Å². The molecule has 0 aliphatic carbocycles. The molecule has 1 atom stereocenters. The molecule has 1 unspecified atom stereocenters. The molecule has 0 radical (unpaired) electrons. The first-order chi connectivity index (χ1) is 8.86. The molecule has 1 heterocycles. The largest absolute Gasteiger partial charge is 0.507 e. The predicted molar refractivity (Wildman–Crippen MR) is 64.4 cm³/mol. The van der Waals surface area contributed by atoms with Gasteiger partial charge in [-0.25, -0.2) is 9.18 Å². The molecule has 0 bridgehead atoms. The molecule has 1 aromatic carbocycles. The molecule has 2 rings (SSSR count). The van der Waals surface area contributed by atoms with Crippen LogP contribution in [-0.2, 0) is 4.79 Å². The van der Waals surface area contributed by atoms with Crippen LogP contribution in [0.4, 0.5) is 4.39 Å². The molecule has 0 aromatic heterocycles. The van der Waals surface area contributed by atoms with E-state index in [4.69, 9.17) is 0 Å². The van der Waals surface area contributed by atoms with E-state index >= 15 is 0 Å². The quantitative estimate of drug-likeness (QED) is 0.853. The molecule has 1 saturated heterocycles. The molecule has 102 valence electrons. The number of aromatic hydroxyl groups is 1. The van der Waals surface area contributed by atoms with E-state index in [1.165, 1.54) is 11.8 Å². The van der Waals surface area contributed by atoms with Gasteiger partial charge in [0.1, 0.15) is 17.1 Å². The molecule has 0 saturated carbocycles. The van der Waals surface area contributed by atoms with Crippen LogP contribution in [0.15, 0.2) is 18.2 Å². The number of benzene rings is 1. The second kappa shape index (κ2) is 4.53. The zero-order valence-electron chi connectivity index (χ0n) is 10.4. The van der Waals surface area contributed by atoms with E-state index in [0.717, 1.165) is 18.2 Å². The second-order valence-corrected chi connectivity index (χ2v) is 4.80. The molecule has 5 nitrogen and oxygen atoms in total. The van der Waals surface area contributed by atoms with Crippen molar-refractivity contribution in [3.8, 4) is 5.75 Å². The summed E-state index contributed by atoms with van der Waals surface area (Å²) in [5.41, 5.74) is -1.52. The minimum atomic E-state index is -1.31. The van der Waals surface area contributed by atoms with Crippen molar-refractivity contribution >= 4 is 11.9 Å². The molecule has 6 heteroatoms. The summed E-state index contributed by atoms with van der Waals surface area (Å²) >= 11 is 0. The van der Waals surface area contributed by atoms with Gasteiger partial charge in [-0.1, -0.05) is 0 Å². The Hall–Kier alpha value is -2.11. The summed E-state index contributed by atoms with van der Waals surface area (Å²) in [5.74, 6) is -2.78. The molecule has 1 amide bonds. The highest BCUT2D eigenvalue weighted by Crippen LogP contribution is 2.32. The number of hydrogen-bond donors (Lipinski definition) is 2. The lowest BCUT2D eigenvalue weighted by molar-refractivity contribution is -0.147. The Balaban J connectivity index is 2.39. The van der Waals surface area contributed by atoms with Gasteiger partial charge in [-0.05, 0) is 38.0 Å². The average Bonchev–Trinajstić information content (AvgIpc) is 2.75. The fourth-order valence-corrected chi connectivity index (χ4v) is 2.34. The molecule has 2 N–H and O–H groups in total. The third kappa shape index (κ3) is 2.14. The predicted octanol–water partition coefficient (Wildman–Crippen LogP) is 1.61. The Morgan fingerprint density at radius 2 is 2.11 bits per heavy atom. The Bertz CT molecular complexity index is 545. The summed E-state index contributed by atoms with van der Waals surface area (Å²) in [6, 6.07) is 3.03. The number of phenolic OH excluding ortho intramolecular Hbond substituents is 1. The van der Waals surface area contributed by atoms with Crippen LogP contribution in [0.25, 0.3) is 0 Å². The van der Waals surface area contributed by atoms with Crippen LogP contribution in [0, 0.1) is 5.82 Å². The number of carbonyl (C=O) groups excluding carboxylic acids is 1. The minimum absolute atomic E-state index is 0.214. The van der Waals surface area contributed by atoms with Crippen molar-refractivity contribution in [1.82, 2.24) is 4.90 Å². The van der Waals surface area contributed by atoms with E-state index in [1.54, 1.807) is 0 Å². The van der Waals surface area contributed by atoms with Gasteiger partial charge in [0.15, 0.2) is 0 Å². The van der Waals surface area contributed by atoms with Crippen LogP contribution >= 0.6 is 0 Å². The fourth-order valence-electron chi connectivity index (χ4n) is 2.34. The summed E-state index contributed by atoms with van der Waals surface area (Å²) in [6.07, 6.45) is 0.898. The van der Waals surface area contributed by atoms with Crippen molar-refractivity contribution in [3.05, 3.63) is 29.6 Å². The monoisotopic (exact) mass is 267 g/mol. The SMILES string of the molecule is CC1(C(=O)O)CCCN1C(=O)c1cc(F)ccc1O. The third-order valence-corrected chi connectivity index (χ3v) is 3.54. The Kier molecular flexibility index (Phi) is 3.18. The number of rotatable bonds is 2. The van der Waals surface area contributed by atoms with E-state index in [1.807, 2.05) is 0 Å². The second-order valence-electron chi connectivity index (χ2n) is 4.80. The van der Waals surface area contributed by atoms with Crippen LogP contribution in [0.1, 0.15) is 30.1 Å². The van der Waals surface area contributed by atoms with Crippen molar-refractivity contribution in [2.24, 2.45) is 0 Å². The number of phenols is 1. The zero-order chi connectivity index (χ0) is 14.2. The molecule has 1 aliphatic rings. The first kappa shape index (κ1) is 13.3. The van der Waals surface area contributed by atoms with E-state index in [0.29, 0.717) is 12.8 Å². The minimum Gasteiger partial charge on any atom is -0.507 e. The lowest BCUT2D eigenvalue weighted by Gasteiger charge is -2.31. The van der Waals surface area contributed by atoms with Gasteiger partial charge in [-0.3, -0.25) is 4.79 Å². The number of halogens is 1. The van der Waals surface area contributed by atoms with Crippen LogP contribution in [-0.4, -0.2) is 39.1 Å². The number of aliphatic carboxylic acids is 1. The van der Waals surface area contributed by atoms with E-state index in [2.05, 4.69) is 0 Å². The number of hydrogen-bond acceptors (Lipinski definition) is 3. The molecular weight excluding hydrogens is 253 g/mol. The van der Waals surface area contributed by atoms with E-state index < -0.39 is 23.2 Å². The van der Waals surface area contributed by atoms with Crippen LogP contribution < -0.4 is 0 Å². The molecule has 1 aromatic rings. The molecule has 0 spiro atoms. The number of nitrogens with zero attached hydrogens (tertiary/aromatic N) is 1. The van der Waals surface area contributed by atoms with Crippen LogP contribution in [0.3, 0.4) is 0 Å². The summed E-state index contributed by atoms with van der Waals surface area (Å²) in [5, 5.41) is 18.8. The van der Waals surface area contributed by atoms with Gasteiger partial charge < -0.3 is 15.1 Å². The molecule has 19 heavy (non-hydrogen) atoms. The van der Waals surface area contributed by atoms with Crippen LogP contribution in [0.2, 0.25) is 0 Å². The van der Waals surface area contributed by atoms with Gasteiger partial charge in [-0.2, -0.15) is 0 Å². The van der Waals surface area contributed by atoms with Crippen molar-refractivity contribution in [2.75, 3.05) is 6.54 Å². The molecular formula is C13H14FNO4. The third-order valence-electron chi connectivity index (χ3n) is 3.54. The van der Waals surface area contributed by atoms with Gasteiger partial charge in [0.05, 0.1) is 5.56 Å². The van der Waals surface area contributed by atoms with E-state index in [-0.39, 0.29) is 17.9 Å². The Labute approximate surface area is 109 Å². The topological polar surface area (TPSA) is 77.8 Å². The molecule has 1 aliphatic heterocycles. The number of amides is 1. The standard InChI is InChI=1S/C13H14FNO4/c1-13(12(18)19)5-2-6-15(13)11(17)9-7-8(14)3-4-10(9)16/h3-4,7,16H,2,5-6H2,1H3,(H,18,19). The maximum atomic E-state index is 13.1. The maximum absolute atomic E-state index is 13.1. The number of likely N-dealkylation sites (tertiary alicyclic amines) is 1. The summed E-state index contributed by atoms with van der Waals surface area (Å²) in [6.45, 7) is 1.73. The summed E-state index contributed by atoms with van der Waals surface area (Å²) in [4.78, 5) is 24.7. The highest BCUT2D eigenvalue weighted by molar-refractivity contribution is 6.00. The van der Waals surface area contributed by atoms with Crippen LogP contribution in [0.5, 0.6) is 5.75 Å². The first-order valence-corrected chi connectivity index (χ1v) is 5.90. The lowest BCUT2D eigenvalue weighted by atomic mass is 9.98. The van der Waals surface area contributed by atoms with Crippen molar-refractivity contribution in [3.63, 3.8) is 0 Å². The smallest absolute Gasteiger partial charge is 0.329 e. The summed E-state index contributed by atoms with van der Waals surface area (Å²) < 4.78 is 13.1. The number of carbonyl (C=O) groups is 2. The lowest BCUT2D eigenvalue weighted by Crippen LogP contribution is -2.50. The zero-order valence-corrected chi connectivity index (χ0v) is 10.4. The highest BCUT2D eigenvalue weighted by Gasteiger charge is 2.46.